The predicted octanol–water partition coefficient (Wildman–Crippen LogP) is 6.64. The molecule has 0 N–H and O–H groups in total. The highest BCUT2D eigenvalue weighted by atomic mass is 79.9. The van der Waals surface area contributed by atoms with E-state index in [-0.39, 0.29) is 0 Å². The second kappa shape index (κ2) is 6.82. The van der Waals surface area contributed by atoms with Crippen LogP contribution in [0.1, 0.15) is 18.1 Å². The van der Waals surface area contributed by atoms with Gasteiger partial charge in [-0.3, -0.25) is 0 Å². The van der Waals surface area contributed by atoms with Crippen molar-refractivity contribution in [2.45, 2.75) is 13.5 Å². The molecule has 2 nitrogen and oxygen atoms in total. The normalized spacial score (nSPS) is 11.8. The summed E-state index contributed by atoms with van der Waals surface area (Å²) in [5.41, 5.74) is 5.10. The van der Waals surface area contributed by atoms with Crippen molar-refractivity contribution in [1.29, 1.82) is 5.26 Å². The zero-order chi connectivity index (χ0) is 18.1. The second-order valence-corrected chi connectivity index (χ2v) is 7.13. The Morgan fingerprint density at radius 2 is 1.73 bits per heavy atom. The number of halogens is 1. The summed E-state index contributed by atoms with van der Waals surface area (Å²) in [5, 5.41) is 12.1. The van der Waals surface area contributed by atoms with Crippen molar-refractivity contribution >= 4 is 49.4 Å². The molecule has 1 aromatic heterocycles. The van der Waals surface area contributed by atoms with Gasteiger partial charge in [-0.1, -0.05) is 52.3 Å². The molecule has 4 aromatic rings. The maximum Gasteiger partial charge on any atom is 0.0998 e. The van der Waals surface area contributed by atoms with E-state index in [0.29, 0.717) is 5.57 Å². The Hall–Kier alpha value is -2.83. The van der Waals surface area contributed by atoms with Crippen LogP contribution in [-0.4, -0.2) is 4.57 Å². The summed E-state index contributed by atoms with van der Waals surface area (Å²) in [7, 11) is 0. The van der Waals surface area contributed by atoms with Gasteiger partial charge in [0.25, 0.3) is 0 Å². The fraction of sp³-hybridized carbons (Fsp3) is 0.0870. The minimum absolute atomic E-state index is 0.663. The highest BCUT2D eigenvalue weighted by molar-refractivity contribution is 9.10. The highest BCUT2D eigenvalue weighted by Crippen LogP contribution is 2.30. The van der Waals surface area contributed by atoms with Gasteiger partial charge in [0, 0.05) is 32.8 Å². The smallest absolute Gasteiger partial charge is 0.0998 e. The molecule has 0 radical (unpaired) electrons. The zero-order valence-electron chi connectivity index (χ0n) is 14.4. The molecule has 0 saturated heterocycles. The van der Waals surface area contributed by atoms with Gasteiger partial charge < -0.3 is 4.57 Å². The molecule has 0 bridgehead atoms. The molecule has 0 atom stereocenters. The zero-order valence-corrected chi connectivity index (χ0v) is 16.0. The Kier molecular flexibility index (Phi) is 4.36. The topological polar surface area (TPSA) is 28.7 Å². The number of rotatable bonds is 3. The molecule has 0 aliphatic heterocycles. The van der Waals surface area contributed by atoms with E-state index in [1.165, 1.54) is 21.8 Å². The fourth-order valence-electron chi connectivity index (χ4n) is 3.48. The van der Waals surface area contributed by atoms with E-state index < -0.39 is 0 Å². The van der Waals surface area contributed by atoms with E-state index >= 15 is 0 Å². The number of hydrogen-bond donors (Lipinski definition) is 0. The van der Waals surface area contributed by atoms with Crippen LogP contribution in [0.3, 0.4) is 0 Å². The number of nitriles is 1. The number of fused-ring (bicyclic) bond motifs is 3. The summed E-state index contributed by atoms with van der Waals surface area (Å²) < 4.78 is 3.34. The molecule has 4 rings (SSSR count). The second-order valence-electron chi connectivity index (χ2n) is 6.21. The molecule has 26 heavy (non-hydrogen) atoms. The van der Waals surface area contributed by atoms with Crippen LogP contribution in [0.2, 0.25) is 0 Å². The summed E-state index contributed by atoms with van der Waals surface area (Å²) in [4.78, 5) is 0. The van der Waals surface area contributed by atoms with E-state index in [2.05, 4.69) is 76.0 Å². The Labute approximate surface area is 161 Å². The fourth-order valence-corrected chi connectivity index (χ4v) is 3.74. The van der Waals surface area contributed by atoms with Crippen LogP contribution in [0.4, 0.5) is 0 Å². The number of benzene rings is 3. The van der Waals surface area contributed by atoms with E-state index in [4.69, 9.17) is 0 Å². The average Bonchev–Trinajstić information content (AvgIpc) is 3.00. The van der Waals surface area contributed by atoms with Crippen molar-refractivity contribution in [2.24, 2.45) is 0 Å². The molecule has 0 fully saturated rings. The summed E-state index contributed by atoms with van der Waals surface area (Å²) in [6, 6.07) is 25.1. The SMILES string of the molecule is CCn1c2ccccc2c2cc(/C=C(\C#N)c3ccc(Br)cc3)ccc21. The largest absolute Gasteiger partial charge is 0.341 e. The number of hydrogen-bond acceptors (Lipinski definition) is 1. The average molecular weight is 401 g/mol. The van der Waals surface area contributed by atoms with Crippen molar-refractivity contribution < 1.29 is 0 Å². The lowest BCUT2D eigenvalue weighted by Gasteiger charge is -2.03. The van der Waals surface area contributed by atoms with Crippen LogP contribution in [0.5, 0.6) is 0 Å². The standard InChI is InChI=1S/C23H17BrN2/c1-2-26-22-6-4-3-5-20(22)21-14-16(7-12-23(21)26)13-18(15-25)17-8-10-19(24)11-9-17/h3-14H,2H2,1H3/b18-13+. The Morgan fingerprint density at radius 1 is 1.00 bits per heavy atom. The van der Waals surface area contributed by atoms with Crippen molar-refractivity contribution in [2.75, 3.05) is 0 Å². The molecular weight excluding hydrogens is 384 g/mol. The molecule has 1 heterocycles. The van der Waals surface area contributed by atoms with Crippen molar-refractivity contribution in [3.63, 3.8) is 0 Å². The summed E-state index contributed by atoms with van der Waals surface area (Å²) in [6.45, 7) is 3.10. The molecule has 0 unspecified atom stereocenters. The molecule has 126 valence electrons. The number of allylic oxidation sites excluding steroid dienone is 1. The van der Waals surface area contributed by atoms with Gasteiger partial charge in [-0.15, -0.1) is 0 Å². The van der Waals surface area contributed by atoms with Crippen LogP contribution in [0.15, 0.2) is 71.2 Å². The van der Waals surface area contributed by atoms with Crippen molar-refractivity contribution in [1.82, 2.24) is 4.57 Å². The molecule has 0 aliphatic rings. The lowest BCUT2D eigenvalue weighted by Crippen LogP contribution is -1.92. The van der Waals surface area contributed by atoms with Crippen LogP contribution < -0.4 is 0 Å². The van der Waals surface area contributed by atoms with Crippen LogP contribution >= 0.6 is 15.9 Å². The molecule has 0 aliphatic carbocycles. The van der Waals surface area contributed by atoms with Gasteiger partial charge >= 0.3 is 0 Å². The van der Waals surface area contributed by atoms with E-state index in [1.807, 2.05) is 30.3 Å². The highest BCUT2D eigenvalue weighted by Gasteiger charge is 2.09. The maximum absolute atomic E-state index is 9.60. The van der Waals surface area contributed by atoms with Gasteiger partial charge in [-0.2, -0.15) is 5.26 Å². The Morgan fingerprint density at radius 3 is 2.46 bits per heavy atom. The first kappa shape index (κ1) is 16.6. The van der Waals surface area contributed by atoms with Crippen molar-refractivity contribution in [3.8, 4) is 6.07 Å². The number of para-hydroxylation sites is 1. The number of aromatic nitrogens is 1. The molecule has 0 saturated carbocycles. The number of nitrogens with zero attached hydrogens (tertiary/aromatic N) is 2. The third kappa shape index (κ3) is 2.83. The summed E-state index contributed by atoms with van der Waals surface area (Å²) in [5.74, 6) is 0. The molecule has 3 aromatic carbocycles. The maximum atomic E-state index is 9.60. The lowest BCUT2D eigenvalue weighted by atomic mass is 10.0. The van der Waals surface area contributed by atoms with Crippen LogP contribution in [0, 0.1) is 11.3 Å². The third-order valence-corrected chi connectivity index (χ3v) is 5.23. The first-order chi connectivity index (χ1) is 12.7. The van der Waals surface area contributed by atoms with Gasteiger partial charge in [-0.05, 0) is 54.5 Å². The minimum Gasteiger partial charge on any atom is -0.341 e. The predicted molar refractivity (Wildman–Crippen MR) is 113 cm³/mol. The summed E-state index contributed by atoms with van der Waals surface area (Å²) in [6.07, 6.45) is 1.96. The summed E-state index contributed by atoms with van der Waals surface area (Å²) >= 11 is 3.44. The van der Waals surface area contributed by atoms with Crippen LogP contribution in [0.25, 0.3) is 33.5 Å². The van der Waals surface area contributed by atoms with Gasteiger partial charge in [0.05, 0.1) is 11.6 Å². The molecule has 0 amide bonds. The van der Waals surface area contributed by atoms with E-state index in [9.17, 15) is 5.26 Å². The Bertz CT molecular complexity index is 1170. The first-order valence-electron chi connectivity index (χ1n) is 8.60. The van der Waals surface area contributed by atoms with E-state index in [1.54, 1.807) is 0 Å². The van der Waals surface area contributed by atoms with Crippen LogP contribution in [-0.2, 0) is 6.54 Å². The van der Waals surface area contributed by atoms with Gasteiger partial charge in [0.2, 0.25) is 0 Å². The van der Waals surface area contributed by atoms with Gasteiger partial charge in [0.15, 0.2) is 0 Å². The van der Waals surface area contributed by atoms with Crippen molar-refractivity contribution in [3.05, 3.63) is 82.3 Å². The lowest BCUT2D eigenvalue weighted by molar-refractivity contribution is 0.827. The monoisotopic (exact) mass is 400 g/mol. The molecule has 0 spiro atoms. The van der Waals surface area contributed by atoms with Gasteiger partial charge in [0.1, 0.15) is 0 Å². The molecular formula is C23H17BrN2. The third-order valence-electron chi connectivity index (χ3n) is 4.70. The quantitative estimate of drug-likeness (QED) is 0.279. The minimum atomic E-state index is 0.663. The van der Waals surface area contributed by atoms with Gasteiger partial charge in [-0.25, -0.2) is 0 Å². The number of aryl methyl sites for hydroxylation is 1. The first-order valence-corrected chi connectivity index (χ1v) is 9.39. The Balaban J connectivity index is 1.88. The van der Waals surface area contributed by atoms with E-state index in [0.717, 1.165) is 22.1 Å². The molecule has 3 heteroatoms.